The van der Waals surface area contributed by atoms with Gasteiger partial charge in [-0.3, -0.25) is 4.79 Å². The van der Waals surface area contributed by atoms with Gasteiger partial charge in [0.1, 0.15) is 22.9 Å². The molecule has 28 heavy (non-hydrogen) atoms. The fourth-order valence-electron chi connectivity index (χ4n) is 2.55. The fraction of sp³-hybridized carbons (Fsp3) is 0.500. The van der Waals surface area contributed by atoms with Gasteiger partial charge in [-0.25, -0.2) is 12.8 Å². The first kappa shape index (κ1) is 20.2. The number of amides is 1. The lowest BCUT2D eigenvalue weighted by molar-refractivity contribution is -0.123. The summed E-state index contributed by atoms with van der Waals surface area (Å²) in [6.07, 6.45) is 0.141. The first-order chi connectivity index (χ1) is 12.8. The zero-order valence-corrected chi connectivity index (χ0v) is 17.1. The van der Waals surface area contributed by atoms with Crippen LogP contribution in [0.3, 0.4) is 0 Å². The predicted octanol–water partition coefficient (Wildman–Crippen LogP) is 3.38. The van der Waals surface area contributed by atoms with Crippen LogP contribution >= 0.6 is 0 Å². The van der Waals surface area contributed by atoms with Gasteiger partial charge in [0.15, 0.2) is 10.6 Å². The standard InChI is InChI=1S/C18H22FN3O5S/c1-17(2,3)16(23)20-12-7-14-10(6-11(12)19)13(21-26-14)9-28(24,25)15-8-18(4,5)27-22-15/h6-7H,8-9H2,1-5H3,(H,20,23). The SMILES string of the molecule is CC1(C)CC(S(=O)(=O)Cc2noc3cc(NC(=O)C(C)(C)C)c(F)cc23)=NO1. The first-order valence-corrected chi connectivity index (χ1v) is 10.3. The third kappa shape index (κ3) is 4.01. The normalized spacial score (nSPS) is 16.7. The molecule has 0 saturated heterocycles. The van der Waals surface area contributed by atoms with Gasteiger partial charge in [0.25, 0.3) is 0 Å². The molecule has 152 valence electrons. The molecule has 1 aromatic heterocycles. The Bertz CT molecular complexity index is 1080. The third-order valence-corrected chi connectivity index (χ3v) is 5.81. The highest BCUT2D eigenvalue weighted by molar-refractivity contribution is 8.05. The molecule has 3 rings (SSSR count). The zero-order chi connectivity index (χ0) is 20.9. The topological polar surface area (TPSA) is 111 Å². The van der Waals surface area contributed by atoms with Crippen LogP contribution in [0, 0.1) is 11.2 Å². The summed E-state index contributed by atoms with van der Waals surface area (Å²) in [7, 11) is -3.80. The van der Waals surface area contributed by atoms with Crippen molar-refractivity contribution < 1.29 is 27.0 Å². The van der Waals surface area contributed by atoms with E-state index in [1.54, 1.807) is 34.6 Å². The summed E-state index contributed by atoms with van der Waals surface area (Å²) in [5.41, 5.74) is -1.23. The lowest BCUT2D eigenvalue weighted by atomic mass is 9.95. The van der Waals surface area contributed by atoms with Crippen molar-refractivity contribution in [3.05, 3.63) is 23.6 Å². The Morgan fingerprint density at radius 2 is 2.00 bits per heavy atom. The van der Waals surface area contributed by atoms with E-state index in [4.69, 9.17) is 9.36 Å². The van der Waals surface area contributed by atoms with Crippen molar-refractivity contribution in [3.63, 3.8) is 0 Å². The summed E-state index contributed by atoms with van der Waals surface area (Å²) in [6.45, 7) is 8.56. The van der Waals surface area contributed by atoms with Gasteiger partial charge in [0.05, 0.1) is 5.69 Å². The van der Waals surface area contributed by atoms with Gasteiger partial charge in [-0.2, -0.15) is 0 Å². The number of fused-ring (bicyclic) bond motifs is 1. The molecule has 8 nitrogen and oxygen atoms in total. The van der Waals surface area contributed by atoms with E-state index in [1.165, 1.54) is 6.07 Å². The van der Waals surface area contributed by atoms with E-state index in [0.29, 0.717) is 0 Å². The minimum Gasteiger partial charge on any atom is -0.389 e. The van der Waals surface area contributed by atoms with Gasteiger partial charge < -0.3 is 14.7 Å². The summed E-state index contributed by atoms with van der Waals surface area (Å²) >= 11 is 0. The number of benzene rings is 1. The van der Waals surface area contributed by atoms with Crippen molar-refractivity contribution in [2.45, 2.75) is 52.4 Å². The summed E-state index contributed by atoms with van der Waals surface area (Å²) in [5.74, 6) is -1.57. The predicted molar refractivity (Wildman–Crippen MR) is 102 cm³/mol. The second kappa shape index (κ2) is 6.54. The molecule has 10 heteroatoms. The number of aromatic nitrogens is 1. The Morgan fingerprint density at radius 3 is 2.57 bits per heavy atom. The molecule has 2 aromatic rings. The second-order valence-corrected chi connectivity index (χ2v) is 10.4. The highest BCUT2D eigenvalue weighted by atomic mass is 32.2. The average Bonchev–Trinajstić information content (AvgIpc) is 3.10. The molecule has 0 unspecified atom stereocenters. The second-order valence-electron chi connectivity index (χ2n) is 8.43. The van der Waals surface area contributed by atoms with Crippen molar-refractivity contribution in [1.29, 1.82) is 0 Å². The Labute approximate surface area is 162 Å². The first-order valence-electron chi connectivity index (χ1n) is 8.66. The number of carbonyl (C=O) groups excluding carboxylic acids is 1. The minimum absolute atomic E-state index is 0.0618. The lowest BCUT2D eigenvalue weighted by Crippen LogP contribution is -2.28. The number of sulfone groups is 1. The summed E-state index contributed by atoms with van der Waals surface area (Å²) < 4.78 is 44.8. The van der Waals surface area contributed by atoms with Crippen LogP contribution in [-0.4, -0.2) is 30.1 Å². The van der Waals surface area contributed by atoms with Gasteiger partial charge >= 0.3 is 0 Å². The molecule has 1 N–H and O–H groups in total. The maximum absolute atomic E-state index is 14.5. The van der Waals surface area contributed by atoms with E-state index in [1.807, 2.05) is 0 Å². The zero-order valence-electron chi connectivity index (χ0n) is 16.3. The Balaban J connectivity index is 1.89. The molecular weight excluding hydrogens is 389 g/mol. The van der Waals surface area contributed by atoms with Gasteiger partial charge in [-0.1, -0.05) is 31.1 Å². The van der Waals surface area contributed by atoms with E-state index in [-0.39, 0.29) is 39.7 Å². The lowest BCUT2D eigenvalue weighted by Gasteiger charge is -2.17. The number of anilines is 1. The minimum atomic E-state index is -3.80. The molecule has 1 amide bonds. The number of nitrogens with one attached hydrogen (secondary N) is 1. The molecule has 1 aliphatic rings. The molecule has 2 heterocycles. The molecule has 1 aliphatic heterocycles. The van der Waals surface area contributed by atoms with Crippen LogP contribution in [0.1, 0.15) is 46.7 Å². The van der Waals surface area contributed by atoms with Crippen molar-refractivity contribution >= 4 is 37.4 Å². The number of oxime groups is 1. The van der Waals surface area contributed by atoms with Crippen LogP contribution in [0.2, 0.25) is 0 Å². The van der Waals surface area contributed by atoms with Gasteiger partial charge in [0.2, 0.25) is 15.7 Å². The summed E-state index contributed by atoms with van der Waals surface area (Å²) in [4.78, 5) is 17.2. The van der Waals surface area contributed by atoms with Gasteiger partial charge in [-0.05, 0) is 19.9 Å². The van der Waals surface area contributed by atoms with Crippen LogP contribution in [0.5, 0.6) is 0 Å². The molecular formula is C18H22FN3O5S. The maximum atomic E-state index is 14.5. The van der Waals surface area contributed by atoms with E-state index in [0.717, 1.165) is 6.07 Å². The van der Waals surface area contributed by atoms with Crippen molar-refractivity contribution in [3.8, 4) is 0 Å². The number of hydrogen-bond donors (Lipinski definition) is 1. The van der Waals surface area contributed by atoms with Crippen LogP contribution in [0.25, 0.3) is 11.0 Å². The van der Waals surface area contributed by atoms with Crippen LogP contribution in [0.4, 0.5) is 10.1 Å². The quantitative estimate of drug-likeness (QED) is 0.829. The molecule has 0 fully saturated rings. The molecule has 0 radical (unpaired) electrons. The van der Waals surface area contributed by atoms with Crippen molar-refractivity contribution in [1.82, 2.24) is 5.16 Å². The van der Waals surface area contributed by atoms with Gasteiger partial charge in [0, 0.05) is 23.3 Å². The monoisotopic (exact) mass is 411 g/mol. The Hall–Kier alpha value is -2.49. The number of hydrogen-bond acceptors (Lipinski definition) is 7. The molecule has 0 spiro atoms. The largest absolute Gasteiger partial charge is 0.389 e. The van der Waals surface area contributed by atoms with Gasteiger partial charge in [-0.15, -0.1) is 0 Å². The van der Waals surface area contributed by atoms with Crippen LogP contribution < -0.4 is 5.32 Å². The molecule has 0 aliphatic carbocycles. The average molecular weight is 411 g/mol. The smallest absolute Gasteiger partial charge is 0.229 e. The molecule has 1 aromatic carbocycles. The summed E-state index contributed by atoms with van der Waals surface area (Å²) in [5, 5.41) is 10.1. The third-order valence-electron chi connectivity index (χ3n) is 4.22. The van der Waals surface area contributed by atoms with Crippen LogP contribution in [0.15, 0.2) is 21.8 Å². The molecule has 0 atom stereocenters. The van der Waals surface area contributed by atoms with E-state index in [2.05, 4.69) is 15.6 Å². The van der Waals surface area contributed by atoms with Crippen LogP contribution in [-0.2, 0) is 25.2 Å². The van der Waals surface area contributed by atoms with Crippen molar-refractivity contribution in [2.24, 2.45) is 10.6 Å². The molecule has 0 saturated carbocycles. The molecule has 0 bridgehead atoms. The van der Waals surface area contributed by atoms with E-state index >= 15 is 0 Å². The number of nitrogens with zero attached hydrogens (tertiary/aromatic N) is 2. The number of rotatable bonds is 3. The van der Waals surface area contributed by atoms with E-state index in [9.17, 15) is 17.6 Å². The Morgan fingerprint density at radius 1 is 1.32 bits per heavy atom. The Kier molecular flexibility index (Phi) is 4.73. The van der Waals surface area contributed by atoms with E-state index < -0.39 is 32.4 Å². The fourth-order valence-corrected chi connectivity index (χ4v) is 4.00. The number of carbonyl (C=O) groups is 1. The highest BCUT2D eigenvalue weighted by Crippen LogP contribution is 2.30. The number of halogens is 1. The summed E-state index contributed by atoms with van der Waals surface area (Å²) in [6, 6.07) is 2.39. The maximum Gasteiger partial charge on any atom is 0.229 e. The highest BCUT2D eigenvalue weighted by Gasteiger charge is 2.36. The van der Waals surface area contributed by atoms with Crippen molar-refractivity contribution in [2.75, 3.05) is 5.32 Å².